The number of hydrogen-bond acceptors (Lipinski definition) is 3. The van der Waals surface area contributed by atoms with Crippen LogP contribution in [0.15, 0.2) is 36.7 Å². The van der Waals surface area contributed by atoms with Gasteiger partial charge in [0, 0.05) is 31.4 Å². The predicted molar refractivity (Wildman–Crippen MR) is 69.9 cm³/mol. The van der Waals surface area contributed by atoms with Crippen LogP contribution in [-0.4, -0.2) is 22.0 Å². The van der Waals surface area contributed by atoms with E-state index in [0.717, 1.165) is 18.0 Å². The fourth-order valence-corrected chi connectivity index (χ4v) is 1.63. The van der Waals surface area contributed by atoms with Crippen LogP contribution in [0.5, 0.6) is 5.75 Å². The highest BCUT2D eigenvalue weighted by Gasteiger charge is 2.01. The number of amidine groups is 1. The van der Waals surface area contributed by atoms with E-state index < -0.39 is 0 Å². The van der Waals surface area contributed by atoms with Crippen LogP contribution in [-0.2, 0) is 13.5 Å². The zero-order chi connectivity index (χ0) is 13.0. The third-order valence-corrected chi connectivity index (χ3v) is 2.68. The summed E-state index contributed by atoms with van der Waals surface area (Å²) in [7, 11) is 1.96. The van der Waals surface area contributed by atoms with Gasteiger partial charge in [0.1, 0.15) is 17.4 Å². The minimum Gasteiger partial charge on any atom is -0.493 e. The summed E-state index contributed by atoms with van der Waals surface area (Å²) >= 11 is 0. The molecule has 1 heterocycles. The Morgan fingerprint density at radius 2 is 2.11 bits per heavy atom. The van der Waals surface area contributed by atoms with E-state index >= 15 is 0 Å². The van der Waals surface area contributed by atoms with E-state index in [1.165, 1.54) is 0 Å². The van der Waals surface area contributed by atoms with Gasteiger partial charge in [-0.2, -0.15) is 0 Å². The summed E-state index contributed by atoms with van der Waals surface area (Å²) in [4.78, 5) is 4.22. The Bertz CT molecular complexity index is 530. The lowest BCUT2D eigenvalue weighted by Crippen LogP contribution is -2.10. The second-order valence-electron chi connectivity index (χ2n) is 3.99. The van der Waals surface area contributed by atoms with Crippen molar-refractivity contribution in [3.63, 3.8) is 0 Å². The zero-order valence-corrected chi connectivity index (χ0v) is 10.3. The zero-order valence-electron chi connectivity index (χ0n) is 10.3. The van der Waals surface area contributed by atoms with E-state index in [4.69, 9.17) is 15.9 Å². The molecule has 0 fully saturated rings. The van der Waals surface area contributed by atoms with Crippen LogP contribution in [0.4, 0.5) is 0 Å². The van der Waals surface area contributed by atoms with Crippen molar-refractivity contribution in [1.82, 2.24) is 9.55 Å². The molecule has 0 radical (unpaired) electrons. The number of nitrogens with one attached hydrogen (secondary N) is 1. The number of aromatic nitrogens is 2. The quantitative estimate of drug-likeness (QED) is 0.615. The van der Waals surface area contributed by atoms with Gasteiger partial charge in [0.25, 0.3) is 0 Å². The van der Waals surface area contributed by atoms with Crippen LogP contribution in [0.25, 0.3) is 0 Å². The molecule has 18 heavy (non-hydrogen) atoms. The molecular weight excluding hydrogens is 228 g/mol. The molecule has 2 aromatic rings. The van der Waals surface area contributed by atoms with Crippen molar-refractivity contribution in [3.8, 4) is 5.75 Å². The fourth-order valence-electron chi connectivity index (χ4n) is 1.63. The second-order valence-corrected chi connectivity index (χ2v) is 3.99. The molecule has 0 unspecified atom stereocenters. The van der Waals surface area contributed by atoms with Gasteiger partial charge < -0.3 is 15.0 Å². The summed E-state index contributed by atoms with van der Waals surface area (Å²) < 4.78 is 7.58. The Hall–Kier alpha value is -2.30. The molecule has 0 saturated carbocycles. The second kappa shape index (κ2) is 5.35. The number of nitrogen functional groups attached to an aromatic ring is 1. The SMILES string of the molecule is Cn1ccnc1CCOc1ccc(C(=N)N)cc1. The first-order valence-electron chi connectivity index (χ1n) is 5.70. The average molecular weight is 244 g/mol. The van der Waals surface area contributed by atoms with E-state index in [9.17, 15) is 0 Å². The maximum absolute atomic E-state index is 7.29. The Morgan fingerprint density at radius 3 is 2.67 bits per heavy atom. The Morgan fingerprint density at radius 1 is 1.39 bits per heavy atom. The third kappa shape index (κ3) is 2.88. The van der Waals surface area contributed by atoms with Gasteiger partial charge in [0.2, 0.25) is 0 Å². The Balaban J connectivity index is 1.87. The van der Waals surface area contributed by atoms with E-state index in [0.29, 0.717) is 12.2 Å². The van der Waals surface area contributed by atoms with Crippen LogP contribution in [0.3, 0.4) is 0 Å². The number of nitrogens with two attached hydrogens (primary N) is 1. The Kier molecular flexibility index (Phi) is 3.62. The topological polar surface area (TPSA) is 76.9 Å². The number of hydrogen-bond donors (Lipinski definition) is 2. The van der Waals surface area contributed by atoms with Crippen molar-refractivity contribution in [2.24, 2.45) is 12.8 Å². The molecule has 0 bridgehead atoms. The molecule has 0 amide bonds. The summed E-state index contributed by atoms with van der Waals surface area (Å²) in [6.07, 6.45) is 4.45. The van der Waals surface area contributed by atoms with Crippen LogP contribution >= 0.6 is 0 Å². The van der Waals surface area contributed by atoms with E-state index in [1.807, 2.05) is 29.9 Å². The normalized spacial score (nSPS) is 10.3. The van der Waals surface area contributed by atoms with Gasteiger partial charge in [-0.25, -0.2) is 4.98 Å². The molecule has 0 saturated heterocycles. The van der Waals surface area contributed by atoms with Crippen molar-refractivity contribution >= 4 is 5.84 Å². The molecule has 94 valence electrons. The minimum atomic E-state index is 0.0644. The molecule has 1 aromatic heterocycles. The lowest BCUT2D eigenvalue weighted by Gasteiger charge is -2.07. The minimum absolute atomic E-state index is 0.0644. The molecule has 5 heteroatoms. The van der Waals surface area contributed by atoms with Gasteiger partial charge in [-0.3, -0.25) is 5.41 Å². The number of imidazole rings is 1. The summed E-state index contributed by atoms with van der Waals surface area (Å²) in [5, 5.41) is 7.29. The van der Waals surface area contributed by atoms with Crippen molar-refractivity contribution in [2.75, 3.05) is 6.61 Å². The number of aryl methyl sites for hydroxylation is 1. The number of ether oxygens (including phenoxy) is 1. The van der Waals surface area contributed by atoms with Crippen LogP contribution in [0, 0.1) is 5.41 Å². The maximum atomic E-state index is 7.29. The highest BCUT2D eigenvalue weighted by Crippen LogP contribution is 2.12. The standard InChI is InChI=1S/C13H16N4O/c1-17-8-7-16-12(17)6-9-18-11-4-2-10(3-5-11)13(14)15/h2-5,7-8H,6,9H2,1H3,(H3,14,15). The molecule has 3 N–H and O–H groups in total. The van der Waals surface area contributed by atoms with Gasteiger partial charge in [-0.1, -0.05) is 0 Å². The van der Waals surface area contributed by atoms with Crippen molar-refractivity contribution in [3.05, 3.63) is 48.0 Å². The van der Waals surface area contributed by atoms with Gasteiger partial charge in [-0.05, 0) is 24.3 Å². The van der Waals surface area contributed by atoms with Crippen LogP contribution in [0.1, 0.15) is 11.4 Å². The Labute approximate surface area is 106 Å². The van der Waals surface area contributed by atoms with Crippen molar-refractivity contribution in [2.45, 2.75) is 6.42 Å². The van der Waals surface area contributed by atoms with Crippen molar-refractivity contribution < 1.29 is 4.74 Å². The molecular formula is C13H16N4O. The lowest BCUT2D eigenvalue weighted by atomic mass is 10.2. The lowest BCUT2D eigenvalue weighted by molar-refractivity contribution is 0.317. The smallest absolute Gasteiger partial charge is 0.122 e. The summed E-state index contributed by atoms with van der Waals surface area (Å²) in [5.74, 6) is 1.83. The highest BCUT2D eigenvalue weighted by atomic mass is 16.5. The van der Waals surface area contributed by atoms with Crippen molar-refractivity contribution in [1.29, 1.82) is 5.41 Å². The monoisotopic (exact) mass is 244 g/mol. The molecule has 0 atom stereocenters. The number of benzene rings is 1. The average Bonchev–Trinajstić information content (AvgIpc) is 2.76. The van der Waals surface area contributed by atoms with E-state index in [1.54, 1.807) is 18.3 Å². The summed E-state index contributed by atoms with van der Waals surface area (Å²) in [6.45, 7) is 0.574. The molecule has 0 aliphatic rings. The molecule has 0 aliphatic heterocycles. The molecule has 1 aromatic carbocycles. The molecule has 5 nitrogen and oxygen atoms in total. The van der Waals surface area contributed by atoms with E-state index in [2.05, 4.69) is 4.98 Å². The van der Waals surface area contributed by atoms with Crippen LogP contribution in [0.2, 0.25) is 0 Å². The van der Waals surface area contributed by atoms with Crippen LogP contribution < -0.4 is 10.5 Å². The summed E-state index contributed by atoms with van der Waals surface area (Å²) in [6, 6.07) is 7.18. The molecule has 0 aliphatic carbocycles. The first-order valence-corrected chi connectivity index (χ1v) is 5.70. The fraction of sp³-hybridized carbons (Fsp3) is 0.231. The van der Waals surface area contributed by atoms with Gasteiger partial charge in [0.15, 0.2) is 0 Å². The van der Waals surface area contributed by atoms with E-state index in [-0.39, 0.29) is 5.84 Å². The van der Waals surface area contributed by atoms with Gasteiger partial charge >= 0.3 is 0 Å². The summed E-state index contributed by atoms with van der Waals surface area (Å²) in [5.41, 5.74) is 6.08. The first kappa shape index (κ1) is 12.2. The molecule has 0 spiro atoms. The molecule has 2 rings (SSSR count). The third-order valence-electron chi connectivity index (χ3n) is 2.68. The first-order chi connectivity index (χ1) is 8.66. The number of nitrogens with zero attached hydrogens (tertiary/aromatic N) is 2. The van der Waals surface area contributed by atoms with Gasteiger partial charge in [0.05, 0.1) is 6.61 Å². The predicted octanol–water partition coefficient (Wildman–Crippen LogP) is 1.33. The number of rotatable bonds is 5. The largest absolute Gasteiger partial charge is 0.493 e. The highest BCUT2D eigenvalue weighted by molar-refractivity contribution is 5.94. The van der Waals surface area contributed by atoms with Gasteiger partial charge in [-0.15, -0.1) is 0 Å². The maximum Gasteiger partial charge on any atom is 0.122 e.